The number of nitrogens with zero attached hydrogens (tertiary/aromatic N) is 2. The lowest BCUT2D eigenvalue weighted by atomic mass is 10.2. The van der Waals surface area contributed by atoms with E-state index in [0.717, 1.165) is 25.3 Å². The van der Waals surface area contributed by atoms with Crippen LogP contribution in [0.2, 0.25) is 0 Å². The average Bonchev–Trinajstić information content (AvgIpc) is 2.91. The van der Waals surface area contributed by atoms with E-state index < -0.39 is 0 Å². The topological polar surface area (TPSA) is 54.5 Å². The number of aromatic nitrogens is 1. The predicted molar refractivity (Wildman–Crippen MR) is 65.3 cm³/mol. The quantitative estimate of drug-likeness (QED) is 0.780. The maximum Gasteiger partial charge on any atom is 0.339 e. The molecule has 0 saturated carbocycles. The summed E-state index contributed by atoms with van der Waals surface area (Å²) in [7, 11) is 3.39. The maximum absolute atomic E-state index is 11.3. The number of ether oxygens (including phenoxy) is 1. The van der Waals surface area contributed by atoms with Crippen molar-refractivity contribution in [3.8, 4) is 0 Å². The van der Waals surface area contributed by atoms with Crippen molar-refractivity contribution in [2.75, 3.05) is 32.1 Å². The fraction of sp³-hybridized carbons (Fsp3) is 0.500. The Balaban J connectivity index is 2.09. The first-order chi connectivity index (χ1) is 8.22. The van der Waals surface area contributed by atoms with Crippen molar-refractivity contribution in [3.63, 3.8) is 0 Å². The molecule has 1 aromatic heterocycles. The van der Waals surface area contributed by atoms with Crippen LogP contribution < -0.4 is 10.2 Å². The number of esters is 1. The summed E-state index contributed by atoms with van der Waals surface area (Å²) in [4.78, 5) is 17.7. The van der Waals surface area contributed by atoms with E-state index in [0.29, 0.717) is 11.6 Å². The standard InChI is InChI=1S/C12H17N3O2/c1-15(10-5-6-13-8-10)11-4-3-9(7-14-11)12(16)17-2/h3-4,7,10,13H,5-6,8H2,1-2H3. The van der Waals surface area contributed by atoms with E-state index in [9.17, 15) is 4.79 Å². The molecule has 1 N–H and O–H groups in total. The van der Waals surface area contributed by atoms with Crippen molar-refractivity contribution in [2.45, 2.75) is 12.5 Å². The second-order valence-electron chi connectivity index (χ2n) is 4.15. The molecule has 0 bridgehead atoms. The first-order valence-corrected chi connectivity index (χ1v) is 5.70. The highest BCUT2D eigenvalue weighted by Gasteiger charge is 2.20. The molecule has 1 aromatic rings. The second-order valence-corrected chi connectivity index (χ2v) is 4.15. The summed E-state index contributed by atoms with van der Waals surface area (Å²) < 4.78 is 4.63. The summed E-state index contributed by atoms with van der Waals surface area (Å²) in [5.74, 6) is 0.528. The van der Waals surface area contributed by atoms with E-state index in [1.54, 1.807) is 12.3 Å². The number of methoxy groups -OCH3 is 1. The second kappa shape index (κ2) is 5.14. The van der Waals surface area contributed by atoms with Gasteiger partial charge in [-0.25, -0.2) is 9.78 Å². The molecule has 5 heteroatoms. The van der Waals surface area contributed by atoms with Gasteiger partial charge in [-0.3, -0.25) is 0 Å². The number of anilines is 1. The van der Waals surface area contributed by atoms with Gasteiger partial charge >= 0.3 is 5.97 Å². The largest absolute Gasteiger partial charge is 0.465 e. The zero-order valence-corrected chi connectivity index (χ0v) is 10.1. The van der Waals surface area contributed by atoms with Crippen LogP contribution in [0.1, 0.15) is 16.8 Å². The number of hydrogen-bond acceptors (Lipinski definition) is 5. The molecule has 1 saturated heterocycles. The molecule has 2 rings (SSSR count). The average molecular weight is 235 g/mol. The number of carbonyl (C=O) groups excluding carboxylic acids is 1. The van der Waals surface area contributed by atoms with Crippen molar-refractivity contribution in [1.82, 2.24) is 10.3 Å². The Morgan fingerprint density at radius 2 is 2.41 bits per heavy atom. The normalized spacial score (nSPS) is 19.1. The summed E-state index contributed by atoms with van der Waals surface area (Å²) in [5.41, 5.74) is 0.481. The van der Waals surface area contributed by atoms with Gasteiger partial charge in [-0.2, -0.15) is 0 Å². The molecule has 1 unspecified atom stereocenters. The minimum atomic E-state index is -0.353. The van der Waals surface area contributed by atoms with Gasteiger partial charge in [0.05, 0.1) is 12.7 Å². The molecule has 1 fully saturated rings. The molecule has 0 aromatic carbocycles. The third-order valence-electron chi connectivity index (χ3n) is 3.11. The molecule has 17 heavy (non-hydrogen) atoms. The van der Waals surface area contributed by atoms with Crippen molar-refractivity contribution in [2.24, 2.45) is 0 Å². The molecule has 1 aliphatic rings. The lowest BCUT2D eigenvalue weighted by Crippen LogP contribution is -2.33. The summed E-state index contributed by atoms with van der Waals surface area (Å²) in [6.45, 7) is 2.03. The first-order valence-electron chi connectivity index (χ1n) is 5.70. The van der Waals surface area contributed by atoms with Crippen LogP contribution in [0.3, 0.4) is 0 Å². The van der Waals surface area contributed by atoms with Crippen LogP contribution in [0.15, 0.2) is 18.3 Å². The molecule has 0 radical (unpaired) electrons. The van der Waals surface area contributed by atoms with Crippen molar-refractivity contribution >= 4 is 11.8 Å². The number of nitrogens with one attached hydrogen (secondary N) is 1. The van der Waals surface area contributed by atoms with Gasteiger partial charge < -0.3 is 15.0 Å². The Morgan fingerprint density at radius 3 is 2.94 bits per heavy atom. The Morgan fingerprint density at radius 1 is 1.59 bits per heavy atom. The van der Waals surface area contributed by atoms with Crippen LogP contribution in [0, 0.1) is 0 Å². The molecule has 1 aliphatic heterocycles. The van der Waals surface area contributed by atoms with E-state index in [2.05, 4.69) is 19.9 Å². The Bertz CT molecular complexity index is 385. The van der Waals surface area contributed by atoms with Gasteiger partial charge in [0, 0.05) is 25.8 Å². The van der Waals surface area contributed by atoms with Crippen LogP contribution in [0.4, 0.5) is 5.82 Å². The highest BCUT2D eigenvalue weighted by atomic mass is 16.5. The van der Waals surface area contributed by atoms with Gasteiger partial charge in [0.2, 0.25) is 0 Å². The van der Waals surface area contributed by atoms with Gasteiger partial charge in [0.1, 0.15) is 5.82 Å². The van der Waals surface area contributed by atoms with E-state index in [1.165, 1.54) is 7.11 Å². The van der Waals surface area contributed by atoms with Crippen molar-refractivity contribution < 1.29 is 9.53 Å². The van der Waals surface area contributed by atoms with Gasteiger partial charge in [0.25, 0.3) is 0 Å². The third kappa shape index (κ3) is 2.55. The number of pyridine rings is 1. The minimum Gasteiger partial charge on any atom is -0.465 e. The van der Waals surface area contributed by atoms with Gasteiger partial charge in [-0.1, -0.05) is 0 Å². The highest BCUT2D eigenvalue weighted by molar-refractivity contribution is 5.89. The van der Waals surface area contributed by atoms with Crippen LogP contribution in [0.5, 0.6) is 0 Å². The number of hydrogen-bond donors (Lipinski definition) is 1. The number of rotatable bonds is 3. The summed E-state index contributed by atoms with van der Waals surface area (Å²) in [6.07, 6.45) is 2.68. The van der Waals surface area contributed by atoms with Crippen molar-refractivity contribution in [3.05, 3.63) is 23.9 Å². The monoisotopic (exact) mass is 235 g/mol. The molecule has 0 amide bonds. The van der Waals surface area contributed by atoms with Crippen LogP contribution >= 0.6 is 0 Å². The highest BCUT2D eigenvalue weighted by Crippen LogP contribution is 2.16. The van der Waals surface area contributed by atoms with Crippen molar-refractivity contribution in [1.29, 1.82) is 0 Å². The molecule has 92 valence electrons. The molecule has 0 spiro atoms. The maximum atomic E-state index is 11.3. The van der Waals surface area contributed by atoms with Crippen LogP contribution in [-0.2, 0) is 4.74 Å². The SMILES string of the molecule is COC(=O)c1ccc(N(C)C2CCNC2)nc1. The zero-order chi connectivity index (χ0) is 12.3. The minimum absolute atomic E-state index is 0.353. The Hall–Kier alpha value is -1.62. The summed E-state index contributed by atoms with van der Waals surface area (Å²) in [6, 6.07) is 4.07. The lowest BCUT2D eigenvalue weighted by molar-refractivity contribution is 0.0600. The summed E-state index contributed by atoms with van der Waals surface area (Å²) >= 11 is 0. The van der Waals surface area contributed by atoms with Crippen LogP contribution in [-0.4, -0.2) is 44.2 Å². The molecule has 5 nitrogen and oxygen atoms in total. The van der Waals surface area contributed by atoms with Crippen LogP contribution in [0.25, 0.3) is 0 Å². The molecule has 0 aliphatic carbocycles. The van der Waals surface area contributed by atoms with E-state index in [1.807, 2.05) is 13.1 Å². The zero-order valence-electron chi connectivity index (χ0n) is 10.1. The fourth-order valence-electron chi connectivity index (χ4n) is 1.99. The smallest absolute Gasteiger partial charge is 0.339 e. The van der Waals surface area contributed by atoms with E-state index in [-0.39, 0.29) is 5.97 Å². The van der Waals surface area contributed by atoms with Gasteiger partial charge in [-0.15, -0.1) is 0 Å². The third-order valence-corrected chi connectivity index (χ3v) is 3.11. The van der Waals surface area contributed by atoms with E-state index >= 15 is 0 Å². The Labute approximate surface area is 101 Å². The fourth-order valence-corrected chi connectivity index (χ4v) is 1.99. The number of likely N-dealkylation sites (N-methyl/N-ethyl adjacent to an activating group) is 1. The molecular weight excluding hydrogens is 218 g/mol. The van der Waals surface area contributed by atoms with Gasteiger partial charge in [0.15, 0.2) is 0 Å². The Kier molecular flexibility index (Phi) is 3.58. The first kappa shape index (κ1) is 11.9. The van der Waals surface area contributed by atoms with Gasteiger partial charge in [-0.05, 0) is 25.1 Å². The summed E-state index contributed by atoms with van der Waals surface area (Å²) in [5, 5.41) is 3.32. The van der Waals surface area contributed by atoms with E-state index in [4.69, 9.17) is 0 Å². The molecule has 2 heterocycles. The molecular formula is C12H17N3O2. The lowest BCUT2D eigenvalue weighted by Gasteiger charge is -2.24. The predicted octanol–water partition coefficient (Wildman–Crippen LogP) is 0.666. The molecule has 1 atom stereocenters. The number of carbonyl (C=O) groups is 1.